The lowest BCUT2D eigenvalue weighted by Gasteiger charge is -2.21. The molecule has 1 aromatic heterocycles. The fourth-order valence-electron chi connectivity index (χ4n) is 4.51. The zero-order valence-corrected chi connectivity index (χ0v) is 22.7. The van der Waals surface area contributed by atoms with Gasteiger partial charge in [-0.25, -0.2) is 26.9 Å². The second-order valence-corrected chi connectivity index (χ2v) is 11.3. The minimum absolute atomic E-state index is 0.0282. The number of amides is 1. The quantitative estimate of drug-likeness (QED) is 0.338. The van der Waals surface area contributed by atoms with Gasteiger partial charge in [-0.15, -0.1) is 0 Å². The molecule has 1 amide bonds. The summed E-state index contributed by atoms with van der Waals surface area (Å²) in [6.45, 7) is 4.58. The third kappa shape index (κ3) is 5.64. The summed E-state index contributed by atoms with van der Waals surface area (Å²) in [7, 11) is -4.17. The van der Waals surface area contributed by atoms with Crippen LogP contribution < -0.4 is 14.8 Å². The summed E-state index contributed by atoms with van der Waals surface area (Å²) < 4.78 is 62.8. The molecule has 5 rings (SSSR count). The number of aromatic nitrogens is 2. The molecule has 0 fully saturated rings. The number of ether oxygens (including phenoxy) is 1. The van der Waals surface area contributed by atoms with Crippen molar-refractivity contribution >= 4 is 21.9 Å². The maximum absolute atomic E-state index is 13.8. The Morgan fingerprint density at radius 3 is 2.30 bits per heavy atom. The van der Waals surface area contributed by atoms with Crippen molar-refractivity contribution in [1.82, 2.24) is 15.3 Å². The van der Waals surface area contributed by atoms with Crippen LogP contribution in [0.1, 0.15) is 45.6 Å². The summed E-state index contributed by atoms with van der Waals surface area (Å²) in [5, 5.41) is 2.75. The maximum Gasteiger partial charge on any atom is 0.270 e. The van der Waals surface area contributed by atoms with Gasteiger partial charge in [0.2, 0.25) is 11.8 Å². The summed E-state index contributed by atoms with van der Waals surface area (Å²) in [5.74, 6) is -3.75. The van der Waals surface area contributed by atoms with Crippen molar-refractivity contribution in [2.75, 3.05) is 11.3 Å². The molecule has 0 aliphatic carbocycles. The number of carbonyl (C=O) groups excluding carboxylic acids is 1. The number of anilines is 1. The minimum atomic E-state index is -4.17. The topological polar surface area (TPSA) is 110 Å². The molecule has 11 heteroatoms. The molecule has 4 bridgehead atoms. The number of rotatable bonds is 3. The van der Waals surface area contributed by atoms with Crippen molar-refractivity contribution < 1.29 is 26.7 Å². The number of nitrogens with zero attached hydrogens (tertiary/aromatic N) is 2. The first-order valence-electron chi connectivity index (χ1n) is 12.4. The standard InChI is InChI=1S/C29H26F2N4O4S/c1-17-6-4-7-18(2)26(17)23-15-25-34-28(33-23)35-40(37,38)22-9-5-8-20(14-22)27(36)32-16-24(39-25)19-10-12-21(13-11-19)29(3,30)31/h4-15,24H,16H2,1-3H3,(H,32,36)(H,33,34,35)/t24-/m0/s1. The first kappa shape index (κ1) is 27.2. The van der Waals surface area contributed by atoms with Gasteiger partial charge in [-0.2, -0.15) is 4.98 Å². The van der Waals surface area contributed by atoms with Gasteiger partial charge in [0.05, 0.1) is 17.1 Å². The fraction of sp³-hybridized carbons (Fsp3) is 0.207. The number of carbonyl (C=O) groups is 1. The van der Waals surface area contributed by atoms with Gasteiger partial charge in [0, 0.05) is 29.7 Å². The number of alkyl halides is 2. The van der Waals surface area contributed by atoms with E-state index in [9.17, 15) is 22.0 Å². The van der Waals surface area contributed by atoms with E-state index in [4.69, 9.17) is 4.74 Å². The molecule has 206 valence electrons. The first-order chi connectivity index (χ1) is 18.9. The Balaban J connectivity index is 1.66. The van der Waals surface area contributed by atoms with Crippen molar-refractivity contribution in [2.45, 2.75) is 37.7 Å². The van der Waals surface area contributed by atoms with Crippen molar-refractivity contribution in [2.24, 2.45) is 0 Å². The van der Waals surface area contributed by atoms with Gasteiger partial charge < -0.3 is 10.1 Å². The van der Waals surface area contributed by atoms with Crippen molar-refractivity contribution in [3.8, 4) is 17.1 Å². The van der Waals surface area contributed by atoms with Gasteiger partial charge in [-0.1, -0.05) is 48.5 Å². The highest BCUT2D eigenvalue weighted by Crippen LogP contribution is 2.32. The van der Waals surface area contributed by atoms with Gasteiger partial charge in [0.25, 0.3) is 21.9 Å². The summed E-state index contributed by atoms with van der Waals surface area (Å²) in [4.78, 5) is 21.6. The van der Waals surface area contributed by atoms with E-state index in [2.05, 4.69) is 20.0 Å². The van der Waals surface area contributed by atoms with Crippen LogP contribution in [0.5, 0.6) is 5.88 Å². The number of benzene rings is 3. The molecular formula is C29H26F2N4O4S. The molecule has 1 atom stereocenters. The molecule has 0 spiro atoms. The fourth-order valence-corrected chi connectivity index (χ4v) is 5.50. The number of halogens is 2. The summed E-state index contributed by atoms with van der Waals surface area (Å²) in [6, 6.07) is 18.4. The Morgan fingerprint density at radius 2 is 1.62 bits per heavy atom. The summed E-state index contributed by atoms with van der Waals surface area (Å²) >= 11 is 0. The molecule has 0 saturated heterocycles. The predicted molar refractivity (Wildman–Crippen MR) is 146 cm³/mol. The summed E-state index contributed by atoms with van der Waals surface area (Å²) in [5.41, 5.74) is 3.47. The highest BCUT2D eigenvalue weighted by Gasteiger charge is 2.26. The lowest BCUT2D eigenvalue weighted by molar-refractivity contribution is 0.0174. The third-order valence-electron chi connectivity index (χ3n) is 6.57. The van der Waals surface area contributed by atoms with Crippen LogP contribution in [-0.2, 0) is 15.9 Å². The van der Waals surface area contributed by atoms with Crippen molar-refractivity contribution in [3.05, 3.63) is 101 Å². The Kier molecular flexibility index (Phi) is 7.01. The molecule has 0 unspecified atom stereocenters. The molecule has 8 nitrogen and oxygen atoms in total. The average molecular weight is 565 g/mol. The van der Waals surface area contributed by atoms with E-state index >= 15 is 0 Å². The van der Waals surface area contributed by atoms with Crippen LogP contribution >= 0.6 is 0 Å². The zero-order chi connectivity index (χ0) is 28.7. The van der Waals surface area contributed by atoms with E-state index in [1.165, 1.54) is 48.5 Å². The molecule has 1 aliphatic rings. The Hall–Kier alpha value is -4.38. The van der Waals surface area contributed by atoms with Crippen LogP contribution in [-0.4, -0.2) is 30.8 Å². The monoisotopic (exact) mass is 564 g/mol. The van der Waals surface area contributed by atoms with Crippen LogP contribution in [0.15, 0.2) is 77.7 Å². The average Bonchev–Trinajstić information content (AvgIpc) is 2.90. The number of aryl methyl sites for hydroxylation is 2. The number of hydrogen-bond acceptors (Lipinski definition) is 6. The van der Waals surface area contributed by atoms with Gasteiger partial charge in [-0.3, -0.25) is 4.79 Å². The van der Waals surface area contributed by atoms with Crippen molar-refractivity contribution in [1.29, 1.82) is 0 Å². The zero-order valence-electron chi connectivity index (χ0n) is 21.9. The Morgan fingerprint density at radius 1 is 0.950 bits per heavy atom. The van der Waals surface area contributed by atoms with E-state index in [1.807, 2.05) is 32.0 Å². The Bertz CT molecular complexity index is 1680. The molecule has 1 aliphatic heterocycles. The molecule has 0 saturated carbocycles. The van der Waals surface area contributed by atoms with Crippen LogP contribution in [0.25, 0.3) is 11.3 Å². The molecular weight excluding hydrogens is 538 g/mol. The van der Waals surface area contributed by atoms with E-state index in [0.717, 1.165) is 23.6 Å². The second kappa shape index (κ2) is 10.3. The molecule has 3 aromatic carbocycles. The predicted octanol–water partition coefficient (Wildman–Crippen LogP) is 5.54. The van der Waals surface area contributed by atoms with Crippen molar-refractivity contribution in [3.63, 3.8) is 0 Å². The van der Waals surface area contributed by atoms with Crippen LogP contribution in [0, 0.1) is 13.8 Å². The third-order valence-corrected chi connectivity index (χ3v) is 7.90. The highest BCUT2D eigenvalue weighted by atomic mass is 32.2. The van der Waals surface area contributed by atoms with E-state index < -0.39 is 28.0 Å². The molecule has 40 heavy (non-hydrogen) atoms. The molecule has 2 heterocycles. The van der Waals surface area contributed by atoms with Crippen LogP contribution in [0.3, 0.4) is 0 Å². The smallest absolute Gasteiger partial charge is 0.270 e. The number of fused-ring (bicyclic) bond motifs is 4. The van der Waals surface area contributed by atoms with Gasteiger partial charge in [0.15, 0.2) is 0 Å². The van der Waals surface area contributed by atoms with Gasteiger partial charge in [0.1, 0.15) is 6.10 Å². The van der Waals surface area contributed by atoms with Gasteiger partial charge in [-0.05, 0) is 48.7 Å². The minimum Gasteiger partial charge on any atom is -0.467 e. The first-order valence-corrected chi connectivity index (χ1v) is 13.9. The normalized spacial score (nSPS) is 16.8. The SMILES string of the molecule is Cc1cccc(C)c1-c1cc2nc(n1)NS(=O)(=O)c1cccc(c1)C(=O)NC[C@@H](c1ccc(C(C)(F)F)cc1)O2. The molecule has 4 aromatic rings. The maximum atomic E-state index is 13.8. The van der Waals surface area contributed by atoms with Gasteiger partial charge >= 0.3 is 0 Å². The highest BCUT2D eigenvalue weighted by molar-refractivity contribution is 7.92. The lowest BCUT2D eigenvalue weighted by Crippen LogP contribution is -2.31. The van der Waals surface area contributed by atoms with Crippen LogP contribution in [0.2, 0.25) is 0 Å². The largest absolute Gasteiger partial charge is 0.467 e. The van der Waals surface area contributed by atoms with Crippen LogP contribution in [0.4, 0.5) is 14.7 Å². The number of nitrogens with one attached hydrogen (secondary N) is 2. The number of hydrogen-bond donors (Lipinski definition) is 2. The van der Waals surface area contributed by atoms with E-state index in [-0.39, 0.29) is 34.4 Å². The number of sulfonamides is 1. The Labute approximate surface area is 230 Å². The van der Waals surface area contributed by atoms with E-state index in [0.29, 0.717) is 11.3 Å². The molecule has 2 N–H and O–H groups in total. The summed E-state index contributed by atoms with van der Waals surface area (Å²) in [6.07, 6.45) is -0.849. The lowest BCUT2D eigenvalue weighted by atomic mass is 10.00. The second-order valence-electron chi connectivity index (χ2n) is 9.64. The molecule has 0 radical (unpaired) electrons. The van der Waals surface area contributed by atoms with E-state index in [1.54, 1.807) is 6.07 Å².